The molecule has 0 fully saturated rings. The number of amides is 1. The molecule has 0 aliphatic heterocycles. The van der Waals surface area contributed by atoms with E-state index in [-0.39, 0.29) is 19.1 Å². The summed E-state index contributed by atoms with van der Waals surface area (Å²) in [7, 11) is 1.59. The molecular weight excluding hydrogens is 1010 g/mol. The van der Waals surface area contributed by atoms with Crippen molar-refractivity contribution in [1.82, 2.24) is 5.32 Å². The van der Waals surface area contributed by atoms with Gasteiger partial charge >= 0.3 is 7.82 Å². The maximum absolute atomic E-state index is 13.0. The summed E-state index contributed by atoms with van der Waals surface area (Å²) in [6.45, 7) is 4.87. The molecule has 0 spiro atoms. The fourth-order valence-electron chi connectivity index (χ4n) is 10.8. The lowest BCUT2D eigenvalue weighted by molar-refractivity contribution is -0.870. The minimum atomic E-state index is -4.35. The van der Waals surface area contributed by atoms with Gasteiger partial charge in [0, 0.05) is 6.42 Å². The zero-order chi connectivity index (χ0) is 58.4. The van der Waals surface area contributed by atoms with E-state index in [9.17, 15) is 19.4 Å². The van der Waals surface area contributed by atoms with Crippen molar-refractivity contribution in [2.45, 2.75) is 373 Å². The minimum absolute atomic E-state index is 0.0631. The third kappa shape index (κ3) is 64.3. The first-order valence-electron chi connectivity index (χ1n) is 35.4. The average Bonchev–Trinajstić information content (AvgIpc) is 3.42. The lowest BCUT2D eigenvalue weighted by atomic mass is 10.0. The second-order valence-corrected chi connectivity index (χ2v) is 27.1. The van der Waals surface area contributed by atoms with Gasteiger partial charge in [-0.3, -0.25) is 13.8 Å². The molecule has 0 aromatic rings. The maximum atomic E-state index is 13.0. The van der Waals surface area contributed by atoms with Crippen molar-refractivity contribution in [1.29, 1.82) is 0 Å². The molecule has 3 N–H and O–H groups in total. The minimum Gasteiger partial charge on any atom is -0.387 e. The van der Waals surface area contributed by atoms with Crippen molar-refractivity contribution in [3.8, 4) is 0 Å². The van der Waals surface area contributed by atoms with E-state index in [4.69, 9.17) is 9.05 Å². The molecule has 3 unspecified atom stereocenters. The van der Waals surface area contributed by atoms with Crippen molar-refractivity contribution in [3.05, 3.63) is 36.5 Å². The summed E-state index contributed by atoms with van der Waals surface area (Å²) in [5, 5.41) is 14.0. The highest BCUT2D eigenvalue weighted by Gasteiger charge is 2.28. The van der Waals surface area contributed by atoms with Crippen LogP contribution in [0.2, 0.25) is 0 Å². The van der Waals surface area contributed by atoms with Crippen LogP contribution in [0.3, 0.4) is 0 Å². The van der Waals surface area contributed by atoms with Gasteiger partial charge in [-0.05, 0) is 51.4 Å². The molecule has 0 saturated carbocycles. The van der Waals surface area contributed by atoms with Crippen LogP contribution in [0.25, 0.3) is 0 Å². The SMILES string of the molecule is CCCCCCCCCCCCCCCCC/C=C\C/C=C\CCCCCCCCCCCCCCCCCCCC(=O)NC(COP(=O)(O)OCC[N+](C)(C)C)C(O)/C=C/CCCCCCCCCCCCCCCCCCC. The van der Waals surface area contributed by atoms with E-state index in [1.54, 1.807) is 6.08 Å². The lowest BCUT2D eigenvalue weighted by Crippen LogP contribution is -2.45. The first-order chi connectivity index (χ1) is 39.0. The molecule has 0 heterocycles. The van der Waals surface area contributed by atoms with E-state index >= 15 is 0 Å². The topological polar surface area (TPSA) is 105 Å². The number of allylic oxidation sites excluding steroid dienone is 5. The molecule has 8 nitrogen and oxygen atoms in total. The molecule has 9 heteroatoms. The van der Waals surface area contributed by atoms with Crippen molar-refractivity contribution >= 4 is 13.7 Å². The summed E-state index contributed by atoms with van der Waals surface area (Å²) in [6, 6.07) is -0.846. The second kappa shape index (κ2) is 62.3. The van der Waals surface area contributed by atoms with Gasteiger partial charge in [-0.25, -0.2) is 4.57 Å². The van der Waals surface area contributed by atoms with Crippen molar-refractivity contribution < 1.29 is 32.9 Å². The van der Waals surface area contributed by atoms with Gasteiger partial charge in [-0.1, -0.05) is 339 Å². The molecule has 0 aromatic carbocycles. The highest BCUT2D eigenvalue weighted by Crippen LogP contribution is 2.43. The number of unbranched alkanes of at least 4 members (excludes halogenated alkanes) is 49. The number of aliphatic hydroxyl groups is 1. The largest absolute Gasteiger partial charge is 0.472 e. The molecule has 3 atom stereocenters. The van der Waals surface area contributed by atoms with Crippen LogP contribution in [0.1, 0.15) is 361 Å². The first-order valence-corrected chi connectivity index (χ1v) is 36.9. The number of likely N-dealkylation sites (N-methyl/N-ethyl adjacent to an activating group) is 1. The molecule has 80 heavy (non-hydrogen) atoms. The Morgan fingerprint density at radius 3 is 1.02 bits per heavy atom. The third-order valence-corrected chi connectivity index (χ3v) is 17.3. The predicted octanol–water partition coefficient (Wildman–Crippen LogP) is 22.4. The number of hydrogen-bond donors (Lipinski definition) is 3. The van der Waals surface area contributed by atoms with Crippen LogP contribution in [0.4, 0.5) is 0 Å². The van der Waals surface area contributed by atoms with Crippen molar-refractivity contribution in [3.63, 3.8) is 0 Å². The van der Waals surface area contributed by atoms with Crippen LogP contribution in [-0.2, 0) is 18.4 Å². The van der Waals surface area contributed by atoms with Crippen LogP contribution in [0.15, 0.2) is 36.5 Å². The van der Waals surface area contributed by atoms with Crippen LogP contribution >= 0.6 is 7.82 Å². The Morgan fingerprint density at radius 2 is 0.713 bits per heavy atom. The number of nitrogens with one attached hydrogen (secondary N) is 1. The van der Waals surface area contributed by atoms with E-state index in [2.05, 4.69) is 43.5 Å². The summed E-state index contributed by atoms with van der Waals surface area (Å²) in [6.07, 6.45) is 83.0. The van der Waals surface area contributed by atoms with E-state index < -0.39 is 20.0 Å². The van der Waals surface area contributed by atoms with Gasteiger partial charge in [-0.15, -0.1) is 0 Å². The molecule has 0 bridgehead atoms. The van der Waals surface area contributed by atoms with Crippen LogP contribution in [0.5, 0.6) is 0 Å². The highest BCUT2D eigenvalue weighted by atomic mass is 31.2. The predicted molar refractivity (Wildman–Crippen MR) is 351 cm³/mol. The summed E-state index contributed by atoms with van der Waals surface area (Å²) in [5.41, 5.74) is 0. The zero-order valence-electron chi connectivity index (χ0n) is 54.3. The summed E-state index contributed by atoms with van der Waals surface area (Å²) in [5.74, 6) is -0.171. The molecule has 0 radical (unpaired) electrons. The standard InChI is InChI=1S/C71H139N2O6P/c1-6-8-10-12-14-16-18-20-22-24-26-27-28-29-30-31-32-33-34-35-36-37-38-39-40-41-42-43-44-45-47-49-51-53-55-57-59-61-63-65-71(75)72-69(68-79-80(76,77)78-67-66-73(3,4)5)70(74)64-62-60-58-56-54-52-50-48-46-25-23-21-19-17-15-13-11-9-7-2/h32-33,35-36,62,64,69-70,74H,6-31,34,37-61,63,65-68H2,1-5H3,(H-,72,75,76,77)/p+1/b33-32-,36-35-,64-62+. The van der Waals surface area contributed by atoms with E-state index in [1.165, 1.54) is 295 Å². The Hall–Kier alpha value is -1.28. The number of quaternary nitrogens is 1. The Kier molecular flexibility index (Phi) is 61.3. The van der Waals surface area contributed by atoms with Gasteiger partial charge in [0.15, 0.2) is 0 Å². The van der Waals surface area contributed by atoms with Crippen molar-refractivity contribution in [2.24, 2.45) is 0 Å². The third-order valence-electron chi connectivity index (χ3n) is 16.4. The van der Waals surface area contributed by atoms with E-state index in [0.717, 1.165) is 44.9 Å². The fourth-order valence-corrected chi connectivity index (χ4v) is 11.6. The number of phosphoric ester groups is 1. The molecule has 0 aliphatic rings. The number of rotatable bonds is 66. The summed E-state index contributed by atoms with van der Waals surface area (Å²) in [4.78, 5) is 23.4. The number of nitrogens with zero attached hydrogens (tertiary/aromatic N) is 1. The average molecular weight is 1150 g/mol. The monoisotopic (exact) mass is 1150 g/mol. The van der Waals surface area contributed by atoms with Crippen LogP contribution < -0.4 is 5.32 Å². The Bertz CT molecular complexity index is 1400. The number of carbonyl (C=O) groups is 1. The zero-order valence-corrected chi connectivity index (χ0v) is 55.2. The lowest BCUT2D eigenvalue weighted by Gasteiger charge is -2.25. The number of hydrogen-bond acceptors (Lipinski definition) is 5. The molecule has 0 aromatic heterocycles. The fraction of sp³-hybridized carbons (Fsp3) is 0.901. The van der Waals surface area contributed by atoms with Gasteiger partial charge in [0.25, 0.3) is 0 Å². The Morgan fingerprint density at radius 1 is 0.425 bits per heavy atom. The van der Waals surface area contributed by atoms with Crippen LogP contribution in [-0.4, -0.2) is 73.4 Å². The van der Waals surface area contributed by atoms with Gasteiger partial charge < -0.3 is 19.8 Å². The second-order valence-electron chi connectivity index (χ2n) is 25.6. The van der Waals surface area contributed by atoms with Gasteiger partial charge in [0.1, 0.15) is 13.2 Å². The van der Waals surface area contributed by atoms with Crippen molar-refractivity contribution in [2.75, 3.05) is 40.9 Å². The number of carbonyl (C=O) groups excluding carboxylic acids is 1. The van der Waals surface area contributed by atoms with Gasteiger partial charge in [0.2, 0.25) is 5.91 Å². The quantitative estimate of drug-likeness (QED) is 0.0243. The molecule has 0 aliphatic carbocycles. The number of aliphatic hydroxyl groups excluding tert-OH is 1. The summed E-state index contributed by atoms with van der Waals surface area (Å²) >= 11 is 0. The molecular formula is C71H140N2O6P+. The van der Waals surface area contributed by atoms with E-state index in [1.807, 2.05) is 27.2 Å². The molecule has 474 valence electrons. The van der Waals surface area contributed by atoms with Gasteiger partial charge in [0.05, 0.1) is 39.9 Å². The maximum Gasteiger partial charge on any atom is 0.472 e. The first kappa shape index (κ1) is 78.7. The normalized spacial score (nSPS) is 13.8. The summed E-state index contributed by atoms with van der Waals surface area (Å²) < 4.78 is 23.8. The highest BCUT2D eigenvalue weighted by molar-refractivity contribution is 7.47. The number of phosphoric acid groups is 1. The Balaban J connectivity index is 3.95. The Labute approximate surface area is 499 Å². The van der Waals surface area contributed by atoms with Gasteiger partial charge in [-0.2, -0.15) is 0 Å². The smallest absolute Gasteiger partial charge is 0.387 e. The molecule has 0 saturated heterocycles. The van der Waals surface area contributed by atoms with Crippen LogP contribution in [0, 0.1) is 0 Å². The molecule has 1 amide bonds. The van der Waals surface area contributed by atoms with E-state index in [0.29, 0.717) is 17.4 Å². The molecule has 0 rings (SSSR count).